The Hall–Kier alpha value is -2.98. The van der Waals surface area contributed by atoms with Crippen LogP contribution in [0, 0.1) is 0 Å². The second-order valence-electron chi connectivity index (χ2n) is 9.49. The smallest absolute Gasteiger partial charge is 0.264 e. The second kappa shape index (κ2) is 14.3. The summed E-state index contributed by atoms with van der Waals surface area (Å²) in [6.45, 7) is 6.81. The van der Waals surface area contributed by atoms with E-state index in [9.17, 15) is 18.0 Å². The molecular formula is C29H32Cl3N3O5S. The lowest BCUT2D eigenvalue weighted by molar-refractivity contribution is -0.139. The van der Waals surface area contributed by atoms with Gasteiger partial charge in [0.2, 0.25) is 11.8 Å². The largest absolute Gasteiger partial charge is 0.494 e. The second-order valence-corrected chi connectivity index (χ2v) is 12.6. The van der Waals surface area contributed by atoms with Crippen molar-refractivity contribution >= 4 is 62.3 Å². The van der Waals surface area contributed by atoms with Gasteiger partial charge in [-0.05, 0) is 93.9 Å². The van der Waals surface area contributed by atoms with Crippen molar-refractivity contribution in [2.24, 2.45) is 0 Å². The maximum absolute atomic E-state index is 14.0. The van der Waals surface area contributed by atoms with Crippen LogP contribution in [0.25, 0.3) is 0 Å². The zero-order valence-electron chi connectivity index (χ0n) is 23.1. The van der Waals surface area contributed by atoms with Gasteiger partial charge in [-0.15, -0.1) is 0 Å². The average Bonchev–Trinajstić information content (AvgIpc) is 2.91. The first-order chi connectivity index (χ1) is 19.3. The minimum atomic E-state index is -4.23. The van der Waals surface area contributed by atoms with E-state index < -0.39 is 34.4 Å². The van der Waals surface area contributed by atoms with E-state index in [4.69, 9.17) is 39.5 Å². The predicted molar refractivity (Wildman–Crippen MR) is 163 cm³/mol. The first kappa shape index (κ1) is 32.5. The number of rotatable bonds is 12. The van der Waals surface area contributed by atoms with Crippen LogP contribution >= 0.6 is 34.8 Å². The highest BCUT2D eigenvalue weighted by Gasteiger charge is 2.33. The summed E-state index contributed by atoms with van der Waals surface area (Å²) in [6.07, 6.45) is 0. The van der Waals surface area contributed by atoms with Crippen LogP contribution in [0.5, 0.6) is 5.75 Å². The van der Waals surface area contributed by atoms with Crippen molar-refractivity contribution in [3.8, 4) is 5.75 Å². The highest BCUT2D eigenvalue weighted by molar-refractivity contribution is 7.92. The Morgan fingerprint density at radius 1 is 0.902 bits per heavy atom. The molecule has 0 saturated carbocycles. The van der Waals surface area contributed by atoms with Crippen molar-refractivity contribution in [3.63, 3.8) is 0 Å². The van der Waals surface area contributed by atoms with Gasteiger partial charge in [0.15, 0.2) is 0 Å². The van der Waals surface area contributed by atoms with Gasteiger partial charge in [-0.1, -0.05) is 40.9 Å². The van der Waals surface area contributed by atoms with Crippen molar-refractivity contribution in [2.45, 2.75) is 51.2 Å². The third-order valence-corrected chi connectivity index (χ3v) is 8.70. The summed E-state index contributed by atoms with van der Waals surface area (Å²) in [7, 11) is -4.23. The van der Waals surface area contributed by atoms with Crippen LogP contribution in [-0.2, 0) is 26.2 Å². The molecule has 0 aromatic heterocycles. The SMILES string of the molecule is CCOc1ccc(N(CC(=O)N(Cc2ccc(Cl)cc2Cl)[C@@H](C)C(=O)NC(C)C)S(=O)(=O)c2ccc(Cl)cc2)cc1. The molecule has 0 spiro atoms. The van der Waals surface area contributed by atoms with E-state index >= 15 is 0 Å². The van der Waals surface area contributed by atoms with Crippen molar-refractivity contribution in [3.05, 3.63) is 87.4 Å². The number of nitrogens with one attached hydrogen (secondary N) is 1. The van der Waals surface area contributed by atoms with Crippen LogP contribution in [0.1, 0.15) is 33.3 Å². The highest BCUT2D eigenvalue weighted by Crippen LogP contribution is 2.28. The molecule has 0 aliphatic carbocycles. The topological polar surface area (TPSA) is 96.0 Å². The van der Waals surface area contributed by atoms with Gasteiger partial charge in [0.25, 0.3) is 10.0 Å². The summed E-state index contributed by atoms with van der Waals surface area (Å²) >= 11 is 18.4. The van der Waals surface area contributed by atoms with E-state index in [0.717, 1.165) is 4.31 Å². The lowest BCUT2D eigenvalue weighted by Gasteiger charge is -2.32. The van der Waals surface area contributed by atoms with Crippen LogP contribution < -0.4 is 14.4 Å². The fourth-order valence-electron chi connectivity index (χ4n) is 3.96. The predicted octanol–water partition coefficient (Wildman–Crippen LogP) is 6.18. The molecule has 0 aliphatic rings. The minimum absolute atomic E-state index is 0.0542. The molecule has 1 atom stereocenters. The van der Waals surface area contributed by atoms with Crippen molar-refractivity contribution in [1.82, 2.24) is 10.2 Å². The first-order valence-corrected chi connectivity index (χ1v) is 15.5. The number of hydrogen-bond acceptors (Lipinski definition) is 5. The Morgan fingerprint density at radius 2 is 1.51 bits per heavy atom. The number of carbonyl (C=O) groups is 2. The summed E-state index contributed by atoms with van der Waals surface area (Å²) in [5.74, 6) is -0.468. The van der Waals surface area contributed by atoms with E-state index in [2.05, 4.69) is 5.32 Å². The van der Waals surface area contributed by atoms with Gasteiger partial charge in [-0.2, -0.15) is 0 Å². The number of ether oxygens (including phenoxy) is 1. The molecule has 2 amide bonds. The molecule has 0 heterocycles. The van der Waals surface area contributed by atoms with Gasteiger partial charge in [-0.3, -0.25) is 13.9 Å². The molecule has 0 aliphatic heterocycles. The standard InChI is InChI=1S/C29H32Cl3N3O5S/c1-5-40-25-12-10-24(11-13-25)35(41(38,39)26-14-8-22(30)9-15-26)18-28(36)34(20(4)29(37)33-19(2)3)17-21-6-7-23(31)16-27(21)32/h6-16,19-20H,5,17-18H2,1-4H3,(H,33,37)/t20-/m0/s1. The third kappa shape index (κ3) is 8.52. The lowest BCUT2D eigenvalue weighted by atomic mass is 10.1. The summed E-state index contributed by atoms with van der Waals surface area (Å²) in [5, 5.41) is 3.90. The Kier molecular flexibility index (Phi) is 11.3. The molecule has 41 heavy (non-hydrogen) atoms. The van der Waals surface area contributed by atoms with E-state index in [1.54, 1.807) is 57.2 Å². The molecule has 0 saturated heterocycles. The van der Waals surface area contributed by atoms with Crippen LogP contribution in [-0.4, -0.2) is 50.4 Å². The van der Waals surface area contributed by atoms with Gasteiger partial charge in [0, 0.05) is 27.7 Å². The van der Waals surface area contributed by atoms with Gasteiger partial charge in [-0.25, -0.2) is 8.42 Å². The number of anilines is 1. The van der Waals surface area contributed by atoms with Gasteiger partial charge in [0.1, 0.15) is 18.3 Å². The monoisotopic (exact) mass is 639 g/mol. The quantitative estimate of drug-likeness (QED) is 0.255. The zero-order valence-corrected chi connectivity index (χ0v) is 26.2. The molecule has 3 aromatic rings. The van der Waals surface area contributed by atoms with Crippen molar-refractivity contribution < 1.29 is 22.7 Å². The summed E-state index contributed by atoms with van der Waals surface area (Å²) in [6, 6.07) is 15.7. The number of benzene rings is 3. The number of halogens is 3. The minimum Gasteiger partial charge on any atom is -0.494 e. The molecule has 12 heteroatoms. The Bertz CT molecular complexity index is 1470. The summed E-state index contributed by atoms with van der Waals surface area (Å²) in [5.41, 5.74) is 0.780. The van der Waals surface area contributed by atoms with Crippen molar-refractivity contribution in [1.29, 1.82) is 0 Å². The number of nitrogens with zero attached hydrogens (tertiary/aromatic N) is 2. The molecule has 0 unspecified atom stereocenters. The lowest BCUT2D eigenvalue weighted by Crippen LogP contribution is -2.52. The van der Waals surface area contributed by atoms with Crippen LogP contribution in [0.2, 0.25) is 15.1 Å². The van der Waals surface area contributed by atoms with E-state index in [1.165, 1.54) is 35.2 Å². The Balaban J connectivity index is 2.05. The average molecular weight is 641 g/mol. The number of hydrogen-bond donors (Lipinski definition) is 1. The maximum Gasteiger partial charge on any atom is 0.264 e. The fourth-order valence-corrected chi connectivity index (χ4v) is 5.97. The van der Waals surface area contributed by atoms with Gasteiger partial charge >= 0.3 is 0 Å². The van der Waals surface area contributed by atoms with Gasteiger partial charge < -0.3 is 15.0 Å². The normalized spacial score (nSPS) is 12.1. The number of carbonyl (C=O) groups excluding carboxylic acids is 2. The van der Waals surface area contributed by atoms with Crippen molar-refractivity contribution in [2.75, 3.05) is 17.5 Å². The van der Waals surface area contributed by atoms with Crippen LogP contribution in [0.4, 0.5) is 5.69 Å². The maximum atomic E-state index is 14.0. The molecule has 0 fully saturated rings. The van der Waals surface area contributed by atoms with E-state index in [1.807, 2.05) is 6.92 Å². The highest BCUT2D eigenvalue weighted by atomic mass is 35.5. The fraction of sp³-hybridized carbons (Fsp3) is 0.310. The number of sulfonamides is 1. The number of amides is 2. The summed E-state index contributed by atoms with van der Waals surface area (Å²) in [4.78, 5) is 28.2. The van der Waals surface area contributed by atoms with Crippen LogP contribution in [0.3, 0.4) is 0 Å². The first-order valence-electron chi connectivity index (χ1n) is 12.9. The molecule has 8 nitrogen and oxygen atoms in total. The molecule has 0 bridgehead atoms. The Labute approximate surface area is 256 Å². The third-order valence-electron chi connectivity index (χ3n) is 6.07. The van der Waals surface area contributed by atoms with E-state index in [0.29, 0.717) is 33.0 Å². The zero-order chi connectivity index (χ0) is 30.3. The Morgan fingerprint density at radius 3 is 2.07 bits per heavy atom. The molecule has 3 aromatic carbocycles. The van der Waals surface area contributed by atoms with Gasteiger partial charge in [0.05, 0.1) is 17.2 Å². The molecule has 220 valence electrons. The summed E-state index contributed by atoms with van der Waals surface area (Å²) < 4.78 is 34.2. The molecular weight excluding hydrogens is 609 g/mol. The molecule has 0 radical (unpaired) electrons. The van der Waals surface area contributed by atoms with Crippen LogP contribution in [0.15, 0.2) is 71.6 Å². The molecule has 1 N–H and O–H groups in total. The molecule has 3 rings (SSSR count). The van der Waals surface area contributed by atoms with E-state index in [-0.39, 0.29) is 23.2 Å².